The van der Waals surface area contributed by atoms with Crippen molar-refractivity contribution in [1.29, 1.82) is 0 Å². The molecule has 0 spiro atoms. The van der Waals surface area contributed by atoms with E-state index < -0.39 is 36.6 Å². The zero-order valence-corrected chi connectivity index (χ0v) is 23.5. The SMILES string of the molecule is COc1ccc(CNc2nc(-c3ccccc3)cc3nc([C@@H]4CC(F)(F)CN4C(=O)OC(C)(C)C)nn23)c(OC)c1. The minimum atomic E-state index is -3.11. The van der Waals surface area contributed by atoms with Crippen molar-refractivity contribution in [3.05, 3.63) is 66.0 Å². The van der Waals surface area contributed by atoms with Gasteiger partial charge in [0.2, 0.25) is 5.95 Å². The highest BCUT2D eigenvalue weighted by atomic mass is 19.3. The topological polar surface area (TPSA) is 103 Å². The molecule has 2 aromatic heterocycles. The summed E-state index contributed by atoms with van der Waals surface area (Å²) >= 11 is 0. The van der Waals surface area contributed by atoms with Crippen molar-refractivity contribution in [2.45, 2.75) is 51.3 Å². The van der Waals surface area contributed by atoms with Crippen LogP contribution in [0.5, 0.6) is 11.5 Å². The van der Waals surface area contributed by atoms with Crippen molar-refractivity contribution >= 4 is 17.7 Å². The maximum Gasteiger partial charge on any atom is 0.411 e. The van der Waals surface area contributed by atoms with Gasteiger partial charge in [-0.15, -0.1) is 5.10 Å². The first-order valence-electron chi connectivity index (χ1n) is 13.1. The quantitative estimate of drug-likeness (QED) is 0.302. The van der Waals surface area contributed by atoms with Gasteiger partial charge in [0, 0.05) is 36.2 Å². The number of amides is 1. The van der Waals surface area contributed by atoms with Crippen molar-refractivity contribution in [3.8, 4) is 22.8 Å². The van der Waals surface area contributed by atoms with Crippen molar-refractivity contribution in [3.63, 3.8) is 0 Å². The maximum atomic E-state index is 14.6. The lowest BCUT2D eigenvalue weighted by molar-refractivity contribution is -0.00248. The maximum absolute atomic E-state index is 14.6. The number of aromatic nitrogens is 4. The molecular formula is C29H32F2N6O4. The van der Waals surface area contributed by atoms with E-state index in [0.717, 1.165) is 16.0 Å². The lowest BCUT2D eigenvalue weighted by Gasteiger charge is -2.27. The molecule has 216 valence electrons. The van der Waals surface area contributed by atoms with E-state index in [9.17, 15) is 13.6 Å². The molecule has 0 bridgehead atoms. The van der Waals surface area contributed by atoms with Crippen LogP contribution in [0.15, 0.2) is 54.6 Å². The second-order valence-electron chi connectivity index (χ2n) is 10.8. The zero-order chi connectivity index (χ0) is 29.4. The van der Waals surface area contributed by atoms with Crippen LogP contribution in [0, 0.1) is 0 Å². The van der Waals surface area contributed by atoms with Crippen LogP contribution in [0.25, 0.3) is 16.9 Å². The van der Waals surface area contributed by atoms with Crippen LogP contribution < -0.4 is 14.8 Å². The summed E-state index contributed by atoms with van der Waals surface area (Å²) < 4.78 is 46.9. The molecule has 3 heterocycles. The monoisotopic (exact) mass is 566 g/mol. The highest BCUT2D eigenvalue weighted by molar-refractivity contribution is 5.70. The Morgan fingerprint density at radius 2 is 1.83 bits per heavy atom. The normalized spacial score (nSPS) is 16.6. The van der Waals surface area contributed by atoms with Gasteiger partial charge in [-0.1, -0.05) is 30.3 Å². The fourth-order valence-corrected chi connectivity index (χ4v) is 4.65. The van der Waals surface area contributed by atoms with Gasteiger partial charge in [0.1, 0.15) is 23.1 Å². The molecule has 1 fully saturated rings. The summed E-state index contributed by atoms with van der Waals surface area (Å²) in [5, 5.41) is 7.84. The molecule has 1 saturated heterocycles. The summed E-state index contributed by atoms with van der Waals surface area (Å²) in [5.41, 5.74) is 1.83. The predicted molar refractivity (Wildman–Crippen MR) is 148 cm³/mol. The summed E-state index contributed by atoms with van der Waals surface area (Å²) in [5.74, 6) is -1.43. The molecule has 2 aromatic carbocycles. The molecule has 0 aliphatic carbocycles. The van der Waals surface area contributed by atoms with Crippen LogP contribution in [0.3, 0.4) is 0 Å². The second-order valence-corrected chi connectivity index (χ2v) is 10.8. The number of alkyl halides is 2. The van der Waals surface area contributed by atoms with Gasteiger partial charge in [-0.3, -0.25) is 4.90 Å². The standard InChI is InChI=1S/C29H32F2N6O4/c1-28(2,3)41-27(38)36-17-29(30,31)15-22(36)25-34-24-14-21(18-9-7-6-8-10-18)33-26(37(24)35-25)32-16-19-11-12-20(39-4)13-23(19)40-5/h6-14,22H,15-17H2,1-5H3,(H,32,33)/t22-/m0/s1. The number of nitrogens with one attached hydrogen (secondary N) is 1. The van der Waals surface area contributed by atoms with Crippen molar-refractivity contribution in [2.75, 3.05) is 26.1 Å². The smallest absolute Gasteiger partial charge is 0.411 e. The molecule has 1 aliphatic heterocycles. The Bertz CT molecular complexity index is 1550. The molecule has 12 heteroatoms. The lowest BCUT2D eigenvalue weighted by atomic mass is 10.1. The number of halogens is 2. The minimum Gasteiger partial charge on any atom is -0.497 e. The summed E-state index contributed by atoms with van der Waals surface area (Å²) in [6, 6.07) is 15.6. The van der Waals surface area contributed by atoms with E-state index >= 15 is 0 Å². The zero-order valence-electron chi connectivity index (χ0n) is 23.5. The van der Waals surface area contributed by atoms with E-state index in [1.807, 2.05) is 42.5 Å². The minimum absolute atomic E-state index is 0.0742. The number of rotatable bonds is 7. The van der Waals surface area contributed by atoms with E-state index in [2.05, 4.69) is 15.4 Å². The number of nitrogens with zero attached hydrogens (tertiary/aromatic N) is 5. The number of anilines is 1. The van der Waals surface area contributed by atoms with Gasteiger partial charge in [0.05, 0.1) is 26.5 Å². The van der Waals surface area contributed by atoms with Gasteiger partial charge in [-0.25, -0.2) is 23.5 Å². The molecule has 5 rings (SSSR count). The first-order valence-corrected chi connectivity index (χ1v) is 13.1. The van der Waals surface area contributed by atoms with Gasteiger partial charge >= 0.3 is 6.09 Å². The molecule has 0 saturated carbocycles. The number of ether oxygens (including phenoxy) is 3. The Morgan fingerprint density at radius 1 is 1.07 bits per heavy atom. The summed E-state index contributed by atoms with van der Waals surface area (Å²) in [6.07, 6.45) is -1.46. The lowest BCUT2D eigenvalue weighted by Crippen LogP contribution is -2.38. The number of carbonyl (C=O) groups is 1. The molecule has 4 aromatic rings. The van der Waals surface area contributed by atoms with E-state index in [1.165, 1.54) is 4.52 Å². The molecular weight excluding hydrogens is 534 g/mol. The van der Waals surface area contributed by atoms with Crippen LogP contribution >= 0.6 is 0 Å². The Kier molecular flexibility index (Phi) is 7.41. The van der Waals surface area contributed by atoms with Gasteiger partial charge in [0.15, 0.2) is 11.5 Å². The van der Waals surface area contributed by atoms with E-state index in [-0.39, 0.29) is 5.82 Å². The van der Waals surface area contributed by atoms with Gasteiger partial charge in [-0.2, -0.15) is 4.52 Å². The predicted octanol–water partition coefficient (Wildman–Crippen LogP) is 5.74. The van der Waals surface area contributed by atoms with Gasteiger partial charge in [0.25, 0.3) is 5.92 Å². The van der Waals surface area contributed by atoms with Gasteiger partial charge in [-0.05, 0) is 32.9 Å². The number of hydrogen-bond donors (Lipinski definition) is 1. The number of methoxy groups -OCH3 is 2. The van der Waals surface area contributed by atoms with Crippen molar-refractivity contribution < 1.29 is 27.8 Å². The van der Waals surface area contributed by atoms with Crippen LogP contribution in [-0.4, -0.2) is 62.9 Å². The highest BCUT2D eigenvalue weighted by Crippen LogP contribution is 2.41. The first-order chi connectivity index (χ1) is 19.5. The third-order valence-electron chi connectivity index (χ3n) is 6.54. The largest absolute Gasteiger partial charge is 0.497 e. The fourth-order valence-electron chi connectivity index (χ4n) is 4.65. The molecule has 1 aliphatic rings. The summed E-state index contributed by atoms with van der Waals surface area (Å²) in [4.78, 5) is 23.3. The number of carbonyl (C=O) groups excluding carboxylic acids is 1. The third-order valence-corrected chi connectivity index (χ3v) is 6.54. The van der Waals surface area contributed by atoms with Crippen LogP contribution in [0.2, 0.25) is 0 Å². The average Bonchev–Trinajstić information content (AvgIpc) is 3.51. The Hall–Kier alpha value is -4.48. The Balaban J connectivity index is 1.54. The van der Waals surface area contributed by atoms with E-state index in [0.29, 0.717) is 35.3 Å². The number of fused-ring (bicyclic) bond motifs is 1. The summed E-state index contributed by atoms with van der Waals surface area (Å²) in [7, 11) is 3.15. The van der Waals surface area contributed by atoms with Crippen molar-refractivity contribution in [2.24, 2.45) is 0 Å². The third kappa shape index (κ3) is 6.16. The number of hydrogen-bond acceptors (Lipinski definition) is 8. The van der Waals surface area contributed by atoms with E-state index in [4.69, 9.17) is 19.2 Å². The van der Waals surface area contributed by atoms with Crippen LogP contribution in [0.4, 0.5) is 19.5 Å². The Labute approximate surface area is 236 Å². The second kappa shape index (κ2) is 10.8. The molecule has 1 amide bonds. The van der Waals surface area contributed by atoms with E-state index in [1.54, 1.807) is 47.1 Å². The molecule has 41 heavy (non-hydrogen) atoms. The molecule has 1 N–H and O–H groups in total. The summed E-state index contributed by atoms with van der Waals surface area (Å²) in [6.45, 7) is 4.59. The molecule has 1 atom stereocenters. The number of likely N-dealkylation sites (tertiary alicyclic amines) is 1. The highest BCUT2D eigenvalue weighted by Gasteiger charge is 2.50. The van der Waals surface area contributed by atoms with Crippen LogP contribution in [0.1, 0.15) is 44.6 Å². The number of benzene rings is 2. The average molecular weight is 567 g/mol. The molecule has 0 radical (unpaired) electrons. The van der Waals surface area contributed by atoms with Gasteiger partial charge < -0.3 is 19.5 Å². The first kappa shape index (κ1) is 28.1. The van der Waals surface area contributed by atoms with Crippen molar-refractivity contribution in [1.82, 2.24) is 24.5 Å². The molecule has 10 nitrogen and oxygen atoms in total. The fraction of sp³-hybridized carbons (Fsp3) is 0.379. The van der Waals surface area contributed by atoms with Crippen LogP contribution in [-0.2, 0) is 11.3 Å². The molecule has 0 unspecified atom stereocenters. The Morgan fingerprint density at radius 3 is 2.51 bits per heavy atom.